The molecule has 1 heterocycles. The summed E-state index contributed by atoms with van der Waals surface area (Å²) in [5.74, 6) is 0.971. The second-order valence-corrected chi connectivity index (χ2v) is 8.42. The normalized spacial score (nSPS) is 16.1. The highest BCUT2D eigenvalue weighted by atomic mass is 16.5. The van der Waals surface area contributed by atoms with E-state index in [1.54, 1.807) is 0 Å². The summed E-state index contributed by atoms with van der Waals surface area (Å²) in [6.45, 7) is 10.3. The zero-order chi connectivity index (χ0) is 20.7. The van der Waals surface area contributed by atoms with Crippen molar-refractivity contribution in [2.45, 2.75) is 53.0 Å². The van der Waals surface area contributed by atoms with Gasteiger partial charge in [0.15, 0.2) is 6.54 Å². The molecule has 2 aromatic carbocycles. The van der Waals surface area contributed by atoms with Crippen LogP contribution in [0.15, 0.2) is 42.5 Å². The number of hydrogen-bond acceptors (Lipinski definition) is 2. The van der Waals surface area contributed by atoms with Crippen molar-refractivity contribution in [2.75, 3.05) is 31.6 Å². The van der Waals surface area contributed by atoms with Crippen LogP contribution >= 0.6 is 0 Å². The van der Waals surface area contributed by atoms with E-state index in [2.05, 4.69) is 35.6 Å². The summed E-state index contributed by atoms with van der Waals surface area (Å²) in [5.41, 5.74) is 4.33. The largest absolute Gasteiger partial charge is 0.494 e. The summed E-state index contributed by atoms with van der Waals surface area (Å²) in [7, 11) is 0. The molecule has 3 rings (SSSR count). The summed E-state index contributed by atoms with van der Waals surface area (Å²) in [6.07, 6.45) is 4.93. The van der Waals surface area contributed by atoms with Gasteiger partial charge in [0.1, 0.15) is 12.3 Å². The number of benzene rings is 2. The zero-order valence-electron chi connectivity index (χ0n) is 18.2. The third-order valence-electron chi connectivity index (χ3n) is 5.94. The lowest BCUT2D eigenvalue weighted by molar-refractivity contribution is -0.932. The first-order valence-electron chi connectivity index (χ1n) is 10.9. The minimum Gasteiger partial charge on any atom is -0.494 e. The third kappa shape index (κ3) is 5.83. The van der Waals surface area contributed by atoms with Gasteiger partial charge in [-0.2, -0.15) is 0 Å². The number of likely N-dealkylation sites (tertiary alicyclic amines) is 1. The number of quaternary nitrogens is 1. The molecule has 4 heteroatoms. The first-order chi connectivity index (χ1) is 14.0. The molecular formula is C25H35N2O2+. The van der Waals surface area contributed by atoms with E-state index in [4.69, 9.17) is 4.74 Å². The smallest absolute Gasteiger partial charge is 0.279 e. The van der Waals surface area contributed by atoms with Crippen LogP contribution in [0.25, 0.3) is 0 Å². The monoisotopic (exact) mass is 395 g/mol. The quantitative estimate of drug-likeness (QED) is 0.652. The highest BCUT2D eigenvalue weighted by Crippen LogP contribution is 2.27. The molecule has 4 nitrogen and oxygen atoms in total. The third-order valence-corrected chi connectivity index (χ3v) is 5.94. The first-order valence-corrected chi connectivity index (χ1v) is 10.9. The van der Waals surface area contributed by atoms with Crippen molar-refractivity contribution in [1.82, 2.24) is 0 Å². The van der Waals surface area contributed by atoms with Crippen molar-refractivity contribution in [3.8, 4) is 5.75 Å². The van der Waals surface area contributed by atoms with E-state index in [9.17, 15) is 4.79 Å². The topological polar surface area (TPSA) is 38.3 Å². The maximum absolute atomic E-state index is 13.1. The molecule has 1 aliphatic heterocycles. The van der Waals surface area contributed by atoms with Crippen molar-refractivity contribution in [3.05, 3.63) is 59.2 Å². The molecule has 0 saturated carbocycles. The maximum Gasteiger partial charge on any atom is 0.279 e. The molecule has 0 bridgehead atoms. The van der Waals surface area contributed by atoms with E-state index >= 15 is 0 Å². The summed E-state index contributed by atoms with van der Waals surface area (Å²) < 4.78 is 6.48. The number of carbonyl (C=O) groups excluding carboxylic acids is 1. The van der Waals surface area contributed by atoms with Crippen LogP contribution in [0.3, 0.4) is 0 Å². The fraction of sp³-hybridized carbons (Fsp3) is 0.480. The molecule has 1 aliphatic rings. The van der Waals surface area contributed by atoms with Gasteiger partial charge in [0, 0.05) is 11.3 Å². The predicted molar refractivity (Wildman–Crippen MR) is 119 cm³/mol. The van der Waals surface area contributed by atoms with Crippen LogP contribution in [0.5, 0.6) is 5.75 Å². The Morgan fingerprint density at radius 3 is 2.21 bits per heavy atom. The highest BCUT2D eigenvalue weighted by molar-refractivity contribution is 5.93. The predicted octanol–water partition coefficient (Wildman–Crippen LogP) is 5.23. The van der Waals surface area contributed by atoms with Crippen molar-refractivity contribution in [2.24, 2.45) is 0 Å². The Balaban J connectivity index is 1.76. The van der Waals surface area contributed by atoms with Crippen LogP contribution < -0.4 is 10.1 Å². The Morgan fingerprint density at radius 1 is 1.00 bits per heavy atom. The fourth-order valence-corrected chi connectivity index (χ4v) is 4.56. The number of amides is 1. The SMILES string of the molecule is CCOc1cc(C)c(NC(=O)C[N+]2(Cc3ccccc3)CCCCCC2)c(C)c1. The molecule has 1 saturated heterocycles. The molecule has 0 aromatic heterocycles. The second-order valence-electron chi connectivity index (χ2n) is 8.42. The summed E-state index contributed by atoms with van der Waals surface area (Å²) in [4.78, 5) is 13.1. The Morgan fingerprint density at radius 2 is 1.62 bits per heavy atom. The lowest BCUT2D eigenvalue weighted by Crippen LogP contribution is -2.52. The molecule has 0 atom stereocenters. The van der Waals surface area contributed by atoms with Crippen molar-refractivity contribution in [3.63, 3.8) is 0 Å². The van der Waals surface area contributed by atoms with Crippen molar-refractivity contribution >= 4 is 11.6 Å². The first kappa shape index (κ1) is 21.4. The number of carbonyl (C=O) groups is 1. The van der Waals surface area contributed by atoms with E-state index in [1.165, 1.54) is 31.2 Å². The van der Waals surface area contributed by atoms with Gasteiger partial charge in [-0.25, -0.2) is 0 Å². The summed E-state index contributed by atoms with van der Waals surface area (Å²) in [5, 5.41) is 3.22. The van der Waals surface area contributed by atoms with Crippen LogP contribution in [0.4, 0.5) is 5.69 Å². The van der Waals surface area contributed by atoms with Crippen LogP contribution in [-0.4, -0.2) is 36.6 Å². The minimum absolute atomic E-state index is 0.109. The summed E-state index contributed by atoms with van der Waals surface area (Å²) >= 11 is 0. The number of nitrogens with one attached hydrogen (secondary N) is 1. The Bertz CT molecular complexity index is 786. The number of nitrogens with zero attached hydrogens (tertiary/aromatic N) is 1. The maximum atomic E-state index is 13.1. The molecule has 1 fully saturated rings. The summed E-state index contributed by atoms with van der Waals surface area (Å²) in [6, 6.07) is 14.6. The number of aryl methyl sites for hydroxylation is 2. The fourth-order valence-electron chi connectivity index (χ4n) is 4.56. The van der Waals surface area contributed by atoms with Crippen LogP contribution in [-0.2, 0) is 11.3 Å². The minimum atomic E-state index is 0.109. The molecule has 1 amide bonds. The average molecular weight is 396 g/mol. The molecule has 0 aliphatic carbocycles. The number of ether oxygens (including phenoxy) is 1. The highest BCUT2D eigenvalue weighted by Gasteiger charge is 2.32. The van der Waals surface area contributed by atoms with E-state index in [0.29, 0.717) is 13.2 Å². The number of rotatable bonds is 7. The Kier molecular flexibility index (Phi) is 7.32. The van der Waals surface area contributed by atoms with Gasteiger partial charge in [-0.05, 0) is 69.7 Å². The molecule has 1 N–H and O–H groups in total. The van der Waals surface area contributed by atoms with Gasteiger partial charge in [-0.3, -0.25) is 4.79 Å². The molecular weight excluding hydrogens is 360 g/mol. The van der Waals surface area contributed by atoms with Crippen LogP contribution in [0.1, 0.15) is 49.3 Å². The van der Waals surface area contributed by atoms with Crippen LogP contribution in [0.2, 0.25) is 0 Å². The molecule has 2 aromatic rings. The average Bonchev–Trinajstić information content (AvgIpc) is 2.91. The van der Waals surface area contributed by atoms with Crippen molar-refractivity contribution in [1.29, 1.82) is 0 Å². The van der Waals surface area contributed by atoms with Crippen molar-refractivity contribution < 1.29 is 14.0 Å². The second kappa shape index (κ2) is 9.93. The zero-order valence-corrected chi connectivity index (χ0v) is 18.2. The number of hydrogen-bond donors (Lipinski definition) is 1. The van der Waals surface area contributed by atoms with E-state index in [0.717, 1.165) is 46.7 Å². The van der Waals surface area contributed by atoms with Gasteiger partial charge in [0.25, 0.3) is 5.91 Å². The lowest BCUT2D eigenvalue weighted by atomic mass is 10.1. The lowest BCUT2D eigenvalue weighted by Gasteiger charge is -2.37. The van der Waals surface area contributed by atoms with E-state index < -0.39 is 0 Å². The molecule has 0 spiro atoms. The Labute approximate surface area is 175 Å². The molecule has 29 heavy (non-hydrogen) atoms. The van der Waals surface area contributed by atoms with Gasteiger partial charge in [-0.1, -0.05) is 30.3 Å². The molecule has 0 unspecified atom stereocenters. The van der Waals surface area contributed by atoms with E-state index in [-0.39, 0.29) is 5.91 Å². The molecule has 0 radical (unpaired) electrons. The standard InChI is InChI=1S/C25H34N2O2/c1-4-29-23-16-20(2)25(21(3)17-23)26-24(28)19-27(14-10-5-6-11-15-27)18-22-12-8-7-9-13-22/h7-9,12-13,16-17H,4-6,10-11,14-15,18-19H2,1-3H3/p+1. The van der Waals surface area contributed by atoms with Gasteiger partial charge in [0.05, 0.1) is 19.7 Å². The van der Waals surface area contributed by atoms with Gasteiger partial charge in [0.2, 0.25) is 0 Å². The van der Waals surface area contributed by atoms with E-state index in [1.807, 2.05) is 32.9 Å². The van der Waals surface area contributed by atoms with Gasteiger partial charge < -0.3 is 14.5 Å². The number of anilines is 1. The Hall–Kier alpha value is -2.33. The van der Waals surface area contributed by atoms with Crippen LogP contribution in [0, 0.1) is 13.8 Å². The molecule has 156 valence electrons. The van der Waals surface area contributed by atoms with Gasteiger partial charge in [-0.15, -0.1) is 0 Å². The van der Waals surface area contributed by atoms with Gasteiger partial charge >= 0.3 is 0 Å².